The second-order valence-corrected chi connectivity index (χ2v) is 5.93. The molecule has 0 spiro atoms. The summed E-state index contributed by atoms with van der Waals surface area (Å²) in [7, 11) is 0. The van der Waals surface area contributed by atoms with E-state index in [0.29, 0.717) is 12.4 Å². The minimum atomic E-state index is 0.668. The summed E-state index contributed by atoms with van der Waals surface area (Å²) < 4.78 is 2.85. The minimum Gasteiger partial charge on any atom is -0.384 e. The number of nitrogens with two attached hydrogens (primary N) is 1. The van der Waals surface area contributed by atoms with Gasteiger partial charge in [-0.2, -0.15) is 5.10 Å². The van der Waals surface area contributed by atoms with Crippen LogP contribution in [-0.4, -0.2) is 9.78 Å². The minimum absolute atomic E-state index is 0.668. The van der Waals surface area contributed by atoms with E-state index < -0.39 is 0 Å². The van der Waals surface area contributed by atoms with Gasteiger partial charge in [-0.1, -0.05) is 64.0 Å². The van der Waals surface area contributed by atoms with E-state index in [9.17, 15) is 0 Å². The molecule has 2 N–H and O–H groups in total. The Kier molecular flexibility index (Phi) is 3.80. The number of benzene rings is 2. The number of hydrogen-bond acceptors (Lipinski definition) is 2. The Hall–Kier alpha value is -2.07. The van der Waals surface area contributed by atoms with Gasteiger partial charge in [-0.15, -0.1) is 0 Å². The van der Waals surface area contributed by atoms with Gasteiger partial charge in [0.1, 0.15) is 5.82 Å². The maximum Gasteiger partial charge on any atom is 0.122 e. The summed E-state index contributed by atoms with van der Waals surface area (Å²) in [5.41, 5.74) is 10.5. The fourth-order valence-electron chi connectivity index (χ4n) is 2.22. The zero-order valence-corrected chi connectivity index (χ0v) is 13.3. The van der Waals surface area contributed by atoms with Crippen LogP contribution >= 0.6 is 15.9 Å². The Morgan fingerprint density at radius 1 is 1.10 bits per heavy atom. The Morgan fingerprint density at radius 2 is 1.81 bits per heavy atom. The molecule has 0 fully saturated rings. The van der Waals surface area contributed by atoms with Gasteiger partial charge in [-0.05, 0) is 18.6 Å². The van der Waals surface area contributed by atoms with Gasteiger partial charge in [0.2, 0.25) is 0 Å². The predicted octanol–water partition coefficient (Wildman–Crippen LogP) is 4.25. The monoisotopic (exact) mass is 341 g/mol. The van der Waals surface area contributed by atoms with Gasteiger partial charge in [0.25, 0.3) is 0 Å². The van der Waals surface area contributed by atoms with Crippen LogP contribution in [0.5, 0.6) is 0 Å². The Balaban J connectivity index is 1.91. The fourth-order valence-corrected chi connectivity index (χ4v) is 2.71. The van der Waals surface area contributed by atoms with Gasteiger partial charge in [0.05, 0.1) is 12.2 Å². The molecule has 2 aromatic carbocycles. The maximum atomic E-state index is 6.09. The Morgan fingerprint density at radius 3 is 2.52 bits per heavy atom. The summed E-state index contributed by atoms with van der Waals surface area (Å²) in [6, 6.07) is 18.3. The molecule has 4 heteroatoms. The normalized spacial score (nSPS) is 10.8. The lowest BCUT2D eigenvalue weighted by atomic mass is 10.1. The molecular formula is C17H16BrN3. The number of hydrogen-bond donors (Lipinski definition) is 1. The molecule has 0 saturated heterocycles. The molecule has 0 aliphatic heterocycles. The van der Waals surface area contributed by atoms with Crippen molar-refractivity contribution >= 4 is 21.7 Å². The van der Waals surface area contributed by atoms with Crippen LogP contribution in [0, 0.1) is 6.92 Å². The van der Waals surface area contributed by atoms with Crippen molar-refractivity contribution in [1.82, 2.24) is 9.78 Å². The van der Waals surface area contributed by atoms with Crippen molar-refractivity contribution < 1.29 is 0 Å². The fraction of sp³-hybridized carbons (Fsp3) is 0.118. The van der Waals surface area contributed by atoms with E-state index in [-0.39, 0.29) is 0 Å². The van der Waals surface area contributed by atoms with E-state index in [1.165, 1.54) is 11.1 Å². The molecule has 106 valence electrons. The molecule has 1 aromatic heterocycles. The average Bonchev–Trinajstić information content (AvgIpc) is 2.83. The predicted molar refractivity (Wildman–Crippen MR) is 90.1 cm³/mol. The molecule has 21 heavy (non-hydrogen) atoms. The van der Waals surface area contributed by atoms with Crippen molar-refractivity contribution in [3.63, 3.8) is 0 Å². The zero-order chi connectivity index (χ0) is 14.8. The topological polar surface area (TPSA) is 43.8 Å². The van der Waals surface area contributed by atoms with Crippen LogP contribution < -0.4 is 5.73 Å². The average molecular weight is 342 g/mol. The van der Waals surface area contributed by atoms with Crippen molar-refractivity contribution in [3.8, 4) is 11.3 Å². The summed E-state index contributed by atoms with van der Waals surface area (Å²) in [6.45, 7) is 2.76. The van der Waals surface area contributed by atoms with Crippen molar-refractivity contribution in [2.24, 2.45) is 0 Å². The smallest absolute Gasteiger partial charge is 0.122 e. The zero-order valence-electron chi connectivity index (χ0n) is 11.8. The summed E-state index contributed by atoms with van der Waals surface area (Å²) in [6.07, 6.45) is 0. The van der Waals surface area contributed by atoms with E-state index in [0.717, 1.165) is 15.7 Å². The van der Waals surface area contributed by atoms with E-state index in [1.807, 2.05) is 35.0 Å². The van der Waals surface area contributed by atoms with Crippen molar-refractivity contribution in [3.05, 3.63) is 70.2 Å². The number of nitrogens with zero attached hydrogens (tertiary/aromatic N) is 2. The van der Waals surface area contributed by atoms with Crippen LogP contribution in [0.3, 0.4) is 0 Å². The summed E-state index contributed by atoms with van der Waals surface area (Å²) >= 11 is 3.55. The summed E-state index contributed by atoms with van der Waals surface area (Å²) in [5.74, 6) is 0.668. The summed E-state index contributed by atoms with van der Waals surface area (Å²) in [5, 5.41) is 4.62. The number of aryl methyl sites for hydroxylation is 1. The molecule has 0 amide bonds. The van der Waals surface area contributed by atoms with Crippen LogP contribution in [0.25, 0.3) is 11.3 Å². The third kappa shape index (κ3) is 3.00. The highest BCUT2D eigenvalue weighted by molar-refractivity contribution is 9.10. The summed E-state index contributed by atoms with van der Waals surface area (Å²) in [4.78, 5) is 0. The third-order valence-electron chi connectivity index (χ3n) is 3.41. The van der Waals surface area contributed by atoms with Crippen LogP contribution in [0.15, 0.2) is 59.1 Å². The molecule has 3 aromatic rings. The van der Waals surface area contributed by atoms with Crippen LogP contribution in [0.1, 0.15) is 11.1 Å². The Bertz CT molecular complexity index is 760. The quantitative estimate of drug-likeness (QED) is 0.773. The molecule has 0 saturated carbocycles. The first kappa shape index (κ1) is 13.9. The van der Waals surface area contributed by atoms with Gasteiger partial charge in [0, 0.05) is 16.1 Å². The van der Waals surface area contributed by atoms with Gasteiger partial charge in [-0.3, -0.25) is 0 Å². The molecule has 0 aliphatic rings. The lowest BCUT2D eigenvalue weighted by Crippen LogP contribution is -2.05. The van der Waals surface area contributed by atoms with Gasteiger partial charge in [0.15, 0.2) is 0 Å². The van der Waals surface area contributed by atoms with Crippen LogP contribution in [0.4, 0.5) is 5.82 Å². The highest BCUT2D eigenvalue weighted by Gasteiger charge is 2.10. The molecule has 3 nitrogen and oxygen atoms in total. The Labute approximate surface area is 132 Å². The lowest BCUT2D eigenvalue weighted by Gasteiger charge is -2.05. The highest BCUT2D eigenvalue weighted by atomic mass is 79.9. The van der Waals surface area contributed by atoms with Crippen molar-refractivity contribution in [2.45, 2.75) is 13.5 Å². The molecular weight excluding hydrogens is 326 g/mol. The molecule has 0 unspecified atom stereocenters. The van der Waals surface area contributed by atoms with E-state index in [2.05, 4.69) is 52.2 Å². The second kappa shape index (κ2) is 5.74. The molecule has 0 atom stereocenters. The second-order valence-electron chi connectivity index (χ2n) is 5.08. The van der Waals surface area contributed by atoms with Gasteiger partial charge in [-0.25, -0.2) is 4.68 Å². The first-order valence-corrected chi connectivity index (χ1v) is 7.56. The van der Waals surface area contributed by atoms with E-state index in [1.54, 1.807) is 0 Å². The number of rotatable bonds is 3. The maximum absolute atomic E-state index is 6.09. The molecule has 0 bridgehead atoms. The molecule has 3 rings (SSSR count). The van der Waals surface area contributed by atoms with E-state index >= 15 is 0 Å². The van der Waals surface area contributed by atoms with E-state index in [4.69, 9.17) is 5.73 Å². The highest BCUT2D eigenvalue weighted by Crippen LogP contribution is 2.28. The largest absolute Gasteiger partial charge is 0.384 e. The van der Waals surface area contributed by atoms with Crippen LogP contribution in [-0.2, 0) is 6.54 Å². The molecule has 1 heterocycles. The number of halogens is 1. The standard InChI is InChI=1S/C17H16BrN3/c1-12-6-8-13(9-7-12)11-21-17(19)10-16(20-21)14-4-2-3-5-15(14)18/h2-10H,11,19H2,1H3. The third-order valence-corrected chi connectivity index (χ3v) is 4.11. The number of anilines is 1. The lowest BCUT2D eigenvalue weighted by molar-refractivity contribution is 0.699. The number of aromatic nitrogens is 2. The van der Waals surface area contributed by atoms with Crippen LogP contribution in [0.2, 0.25) is 0 Å². The van der Waals surface area contributed by atoms with Crippen molar-refractivity contribution in [1.29, 1.82) is 0 Å². The molecule has 0 aliphatic carbocycles. The van der Waals surface area contributed by atoms with Crippen molar-refractivity contribution in [2.75, 3.05) is 5.73 Å². The number of nitrogen functional groups attached to an aromatic ring is 1. The van der Waals surface area contributed by atoms with Gasteiger partial charge >= 0.3 is 0 Å². The SMILES string of the molecule is Cc1ccc(Cn2nc(-c3ccccc3Br)cc2N)cc1. The first-order valence-electron chi connectivity index (χ1n) is 6.77. The first-order chi connectivity index (χ1) is 10.1. The molecule has 0 radical (unpaired) electrons. The van der Waals surface area contributed by atoms with Gasteiger partial charge < -0.3 is 5.73 Å².